The molecule has 0 atom stereocenters. The van der Waals surface area contributed by atoms with Crippen LogP contribution >= 0.6 is 0 Å². The van der Waals surface area contributed by atoms with Gasteiger partial charge in [-0.2, -0.15) is 0 Å². The van der Waals surface area contributed by atoms with E-state index in [0.717, 1.165) is 31.4 Å². The van der Waals surface area contributed by atoms with E-state index in [1.807, 2.05) is 0 Å². The lowest BCUT2D eigenvalue weighted by atomic mass is 10.3. The van der Waals surface area contributed by atoms with E-state index in [4.69, 9.17) is 0 Å². The Hall–Kier alpha value is 0.217. The van der Waals surface area contributed by atoms with Crippen LogP contribution < -0.4 is 0 Å². The fourth-order valence-corrected chi connectivity index (χ4v) is 14.3. The molecule has 0 amide bonds. The maximum atomic E-state index is 2.61. The third-order valence-corrected chi connectivity index (χ3v) is 14.0. The molecule has 1 radical (unpaired) electrons. The first-order chi connectivity index (χ1) is 7.36. The van der Waals surface area contributed by atoms with Gasteiger partial charge in [-0.05, 0) is 69.9 Å². The van der Waals surface area contributed by atoms with Gasteiger partial charge in [0.05, 0.1) is 8.80 Å². The van der Waals surface area contributed by atoms with Crippen LogP contribution in [0.3, 0.4) is 0 Å². The molecule has 0 N–H and O–H groups in total. The Morgan fingerprint density at radius 3 is 0.875 bits per heavy atom. The molecule has 0 spiro atoms. The lowest BCUT2D eigenvalue weighted by Crippen LogP contribution is -2.25. The molecule has 1 heteroatoms. The third-order valence-electron chi connectivity index (χ3n) is 8.30. The maximum absolute atomic E-state index is 2.61. The molecule has 85 valence electrons. The highest BCUT2D eigenvalue weighted by atomic mass is 28.3. The minimum Gasteiger partial charge on any atom is -0.0594 e. The van der Waals surface area contributed by atoms with Crippen molar-refractivity contribution < 1.29 is 0 Å². The van der Waals surface area contributed by atoms with E-state index in [2.05, 4.69) is 20.8 Å². The van der Waals surface area contributed by atoms with Crippen molar-refractivity contribution in [2.24, 2.45) is 16.2 Å². The standard InChI is InChI=1S/C15H21Si/c1-10-4-13(10,5-10)16(14-6-11(14,2)7-14)15-8-12(15,3)9-15/h4-9H2,1-3H3. The molecular weight excluding hydrogens is 208 g/mol. The van der Waals surface area contributed by atoms with E-state index in [0.29, 0.717) is 0 Å². The predicted octanol–water partition coefficient (Wildman–Crippen LogP) is 4.14. The van der Waals surface area contributed by atoms with Gasteiger partial charge in [0.1, 0.15) is 0 Å². The average Bonchev–Trinajstić information content (AvgIpc) is 2.81. The van der Waals surface area contributed by atoms with Gasteiger partial charge < -0.3 is 0 Å². The Bertz CT molecular complexity index is 398. The Morgan fingerprint density at radius 2 is 0.750 bits per heavy atom. The van der Waals surface area contributed by atoms with Crippen LogP contribution in [0.4, 0.5) is 0 Å². The largest absolute Gasteiger partial charge is 0.0696 e. The van der Waals surface area contributed by atoms with Crippen LogP contribution in [-0.2, 0) is 0 Å². The SMILES string of the molecule is CC12CC1([Si](C13CC1(C)C3)C13CC1(C)C3)C2. The highest BCUT2D eigenvalue weighted by Gasteiger charge is 3.01. The zero-order valence-electron chi connectivity index (χ0n) is 10.7. The van der Waals surface area contributed by atoms with Gasteiger partial charge in [-0.15, -0.1) is 0 Å². The highest BCUT2D eigenvalue weighted by Crippen LogP contribution is 3.11. The molecule has 0 aromatic rings. The summed E-state index contributed by atoms with van der Waals surface area (Å²) >= 11 is 0. The summed E-state index contributed by atoms with van der Waals surface area (Å²) < 4.78 is 0. The average molecular weight is 229 g/mol. The number of hydrogen-bond acceptors (Lipinski definition) is 0. The third kappa shape index (κ3) is 0.518. The summed E-state index contributed by atoms with van der Waals surface area (Å²) in [6, 6.07) is 0. The first-order valence-electron chi connectivity index (χ1n) is 7.24. The van der Waals surface area contributed by atoms with Crippen molar-refractivity contribution in [3.05, 3.63) is 0 Å². The van der Waals surface area contributed by atoms with E-state index >= 15 is 0 Å². The van der Waals surface area contributed by atoms with Crippen molar-refractivity contribution in [2.45, 2.75) is 74.4 Å². The highest BCUT2D eigenvalue weighted by molar-refractivity contribution is 6.76. The second-order valence-corrected chi connectivity index (χ2v) is 13.0. The zero-order valence-corrected chi connectivity index (χ0v) is 11.7. The van der Waals surface area contributed by atoms with Crippen molar-refractivity contribution in [2.75, 3.05) is 0 Å². The fourth-order valence-electron chi connectivity index (χ4n) is 6.39. The molecule has 6 aliphatic rings. The van der Waals surface area contributed by atoms with Gasteiger partial charge in [0, 0.05) is 0 Å². The van der Waals surface area contributed by atoms with Gasteiger partial charge in [-0.1, -0.05) is 20.8 Å². The van der Waals surface area contributed by atoms with Crippen molar-refractivity contribution in [3.8, 4) is 0 Å². The molecular formula is C15H21Si. The van der Waals surface area contributed by atoms with E-state index in [1.54, 1.807) is 38.5 Å². The summed E-state index contributed by atoms with van der Waals surface area (Å²) in [5, 5.41) is 3.00. The molecule has 0 unspecified atom stereocenters. The van der Waals surface area contributed by atoms with Gasteiger partial charge in [-0.25, -0.2) is 0 Å². The molecule has 0 saturated heterocycles. The summed E-state index contributed by atoms with van der Waals surface area (Å²) in [6.07, 6.45) is 9.94. The minimum atomic E-state index is -0.00926. The van der Waals surface area contributed by atoms with Crippen molar-refractivity contribution in [3.63, 3.8) is 0 Å². The minimum absolute atomic E-state index is 0.00926. The van der Waals surface area contributed by atoms with Gasteiger partial charge in [-0.3, -0.25) is 0 Å². The molecule has 0 nitrogen and oxygen atoms in total. The van der Waals surface area contributed by atoms with Gasteiger partial charge in [0.15, 0.2) is 0 Å². The number of hydrogen-bond donors (Lipinski definition) is 0. The molecule has 0 bridgehead atoms. The second kappa shape index (κ2) is 1.50. The van der Waals surface area contributed by atoms with E-state index < -0.39 is 0 Å². The topological polar surface area (TPSA) is 0 Å². The van der Waals surface area contributed by atoms with Crippen LogP contribution in [0.25, 0.3) is 0 Å². The molecule has 6 rings (SSSR count). The molecule has 6 fully saturated rings. The van der Waals surface area contributed by atoms with Crippen molar-refractivity contribution in [1.29, 1.82) is 0 Å². The van der Waals surface area contributed by atoms with Gasteiger partial charge in [0.25, 0.3) is 0 Å². The summed E-state index contributed by atoms with van der Waals surface area (Å²) in [7, 11) is -0.00926. The van der Waals surface area contributed by atoms with Crippen LogP contribution in [0, 0.1) is 16.2 Å². The lowest BCUT2D eigenvalue weighted by molar-refractivity contribution is 0.712. The van der Waals surface area contributed by atoms with E-state index in [9.17, 15) is 0 Å². The monoisotopic (exact) mass is 229 g/mol. The quantitative estimate of drug-likeness (QED) is 0.638. The van der Waals surface area contributed by atoms with Crippen molar-refractivity contribution >= 4 is 8.80 Å². The van der Waals surface area contributed by atoms with Gasteiger partial charge >= 0.3 is 0 Å². The van der Waals surface area contributed by atoms with Crippen LogP contribution in [0.2, 0.25) is 15.1 Å². The lowest BCUT2D eigenvalue weighted by Gasteiger charge is -2.24. The second-order valence-electron chi connectivity index (χ2n) is 9.36. The summed E-state index contributed by atoms with van der Waals surface area (Å²) in [5.74, 6) is 0. The van der Waals surface area contributed by atoms with Crippen LogP contribution in [0.1, 0.15) is 59.3 Å². The maximum Gasteiger partial charge on any atom is 0.0696 e. The van der Waals surface area contributed by atoms with Crippen LogP contribution in [0.5, 0.6) is 0 Å². The first kappa shape index (κ1) is 8.34. The first-order valence-corrected chi connectivity index (χ1v) is 8.74. The van der Waals surface area contributed by atoms with Crippen LogP contribution in [0.15, 0.2) is 0 Å². The predicted molar refractivity (Wildman–Crippen MR) is 65.9 cm³/mol. The number of rotatable bonds is 3. The van der Waals surface area contributed by atoms with Crippen molar-refractivity contribution in [1.82, 2.24) is 0 Å². The molecule has 0 aromatic heterocycles. The van der Waals surface area contributed by atoms with E-state index in [1.165, 1.54) is 0 Å². The van der Waals surface area contributed by atoms with E-state index in [-0.39, 0.29) is 8.80 Å². The van der Waals surface area contributed by atoms with Gasteiger partial charge in [0.2, 0.25) is 0 Å². The summed E-state index contributed by atoms with van der Waals surface area (Å²) in [5.41, 5.74) is 2.68. The molecule has 6 aliphatic carbocycles. The normalized spacial score (nSPS) is 83.2. The fraction of sp³-hybridized carbons (Fsp3) is 1.00. The molecule has 16 heavy (non-hydrogen) atoms. The molecule has 0 heterocycles. The number of fused-ring (bicyclic) bond motifs is 3. The Balaban J connectivity index is 1.48. The zero-order chi connectivity index (χ0) is 10.8. The Labute approximate surface area is 99.8 Å². The summed E-state index contributed by atoms with van der Waals surface area (Å²) in [6.45, 7) is 7.82. The molecule has 6 saturated carbocycles. The smallest absolute Gasteiger partial charge is 0.0594 e. The summed E-state index contributed by atoms with van der Waals surface area (Å²) in [4.78, 5) is 0. The Morgan fingerprint density at radius 1 is 0.562 bits per heavy atom. The Kier molecular flexibility index (Phi) is 0.784. The van der Waals surface area contributed by atoms with Crippen LogP contribution in [-0.4, -0.2) is 8.80 Å². The molecule has 0 aliphatic heterocycles. The molecule has 0 aromatic carbocycles.